The summed E-state index contributed by atoms with van der Waals surface area (Å²) in [7, 11) is 1.70. The van der Waals surface area contributed by atoms with E-state index in [9.17, 15) is 9.90 Å². The van der Waals surface area contributed by atoms with Crippen LogP contribution in [0.25, 0.3) is 11.2 Å². The van der Waals surface area contributed by atoms with Gasteiger partial charge in [-0.05, 0) is 63.6 Å². The Bertz CT molecular complexity index is 1140. The van der Waals surface area contributed by atoms with Gasteiger partial charge in [-0.3, -0.25) is 0 Å². The molecule has 0 fully saturated rings. The van der Waals surface area contributed by atoms with Gasteiger partial charge in [-0.1, -0.05) is 6.07 Å². The van der Waals surface area contributed by atoms with E-state index in [-0.39, 0.29) is 6.10 Å². The first kappa shape index (κ1) is 25.8. The molecule has 3 aromatic heterocycles. The number of methoxy groups -OCH3 is 1. The summed E-state index contributed by atoms with van der Waals surface area (Å²) >= 11 is 0. The van der Waals surface area contributed by atoms with Crippen molar-refractivity contribution in [2.24, 2.45) is 0 Å². The Kier molecular flexibility index (Phi) is 9.01. The fraction of sp³-hybridized carbons (Fsp3) is 0.560. The number of hydrogen-bond acceptors (Lipinski definition) is 9. The van der Waals surface area contributed by atoms with Gasteiger partial charge < -0.3 is 30.4 Å². The third-order valence-electron chi connectivity index (χ3n) is 6.59. The maximum absolute atomic E-state index is 12.0. The SMILES string of the molecule is CO[C@H](C)CN(CCCCc1ccc2c(n1)NCCC2)CCC(Nc1ncnc2[nH]cnc12)C(=O)O. The second-order valence-corrected chi connectivity index (χ2v) is 9.29. The highest BCUT2D eigenvalue weighted by atomic mass is 16.5. The van der Waals surface area contributed by atoms with Gasteiger partial charge in [0.15, 0.2) is 11.5 Å². The normalized spacial score (nSPS) is 14.9. The molecule has 4 N–H and O–H groups in total. The molecule has 0 aromatic carbocycles. The summed E-state index contributed by atoms with van der Waals surface area (Å²) in [6.07, 6.45) is 8.57. The van der Waals surface area contributed by atoms with Crippen LogP contribution >= 0.6 is 0 Å². The van der Waals surface area contributed by atoms with Gasteiger partial charge in [0.05, 0.1) is 12.4 Å². The number of ether oxygens (including phenoxy) is 1. The Morgan fingerprint density at radius 3 is 2.97 bits per heavy atom. The molecular formula is C25H36N8O3. The minimum Gasteiger partial charge on any atom is -0.480 e. The van der Waals surface area contributed by atoms with E-state index >= 15 is 0 Å². The zero-order chi connectivity index (χ0) is 25.3. The summed E-state index contributed by atoms with van der Waals surface area (Å²) < 4.78 is 5.48. The van der Waals surface area contributed by atoms with Crippen molar-refractivity contribution in [1.29, 1.82) is 0 Å². The van der Waals surface area contributed by atoms with Crippen molar-refractivity contribution in [3.05, 3.63) is 36.0 Å². The molecule has 0 bridgehead atoms. The Labute approximate surface area is 211 Å². The lowest BCUT2D eigenvalue weighted by atomic mass is 10.1. The number of nitrogens with one attached hydrogen (secondary N) is 3. The maximum Gasteiger partial charge on any atom is 0.326 e. The molecule has 1 aliphatic heterocycles. The lowest BCUT2D eigenvalue weighted by Gasteiger charge is -2.26. The minimum absolute atomic E-state index is 0.0557. The number of aryl methyl sites for hydroxylation is 2. The fourth-order valence-corrected chi connectivity index (χ4v) is 4.49. The van der Waals surface area contributed by atoms with Gasteiger partial charge in [0, 0.05) is 32.4 Å². The lowest BCUT2D eigenvalue weighted by molar-refractivity contribution is -0.138. The van der Waals surface area contributed by atoms with E-state index in [1.165, 1.54) is 18.2 Å². The number of carboxylic acid groups (broad SMARTS) is 1. The zero-order valence-electron chi connectivity index (χ0n) is 21.0. The van der Waals surface area contributed by atoms with E-state index in [2.05, 4.69) is 47.6 Å². The van der Waals surface area contributed by atoms with Crippen molar-refractivity contribution in [1.82, 2.24) is 29.8 Å². The van der Waals surface area contributed by atoms with Crippen LogP contribution in [0.2, 0.25) is 0 Å². The summed E-state index contributed by atoms with van der Waals surface area (Å²) in [5, 5.41) is 16.3. The summed E-state index contributed by atoms with van der Waals surface area (Å²) in [6.45, 7) is 5.24. The first-order valence-corrected chi connectivity index (χ1v) is 12.6. The molecule has 0 amide bonds. The van der Waals surface area contributed by atoms with Crippen molar-refractivity contribution in [2.45, 2.75) is 57.6 Å². The number of hydrogen-bond donors (Lipinski definition) is 4. The molecular weight excluding hydrogens is 460 g/mol. The molecule has 0 aliphatic carbocycles. The first-order chi connectivity index (χ1) is 17.5. The smallest absolute Gasteiger partial charge is 0.326 e. The number of unbranched alkanes of at least 4 members (excludes halogenated alkanes) is 1. The van der Waals surface area contributed by atoms with Crippen LogP contribution in [0.5, 0.6) is 0 Å². The number of aromatic amines is 1. The van der Waals surface area contributed by atoms with Crippen molar-refractivity contribution in [2.75, 3.05) is 43.9 Å². The third-order valence-corrected chi connectivity index (χ3v) is 6.59. The predicted octanol–water partition coefficient (Wildman–Crippen LogP) is 2.72. The highest BCUT2D eigenvalue weighted by Gasteiger charge is 2.21. The fourth-order valence-electron chi connectivity index (χ4n) is 4.49. The second-order valence-electron chi connectivity index (χ2n) is 9.29. The monoisotopic (exact) mass is 496 g/mol. The van der Waals surface area contributed by atoms with Gasteiger partial charge in [0.2, 0.25) is 0 Å². The Morgan fingerprint density at radius 1 is 1.25 bits per heavy atom. The third kappa shape index (κ3) is 6.88. The minimum atomic E-state index is -0.927. The van der Waals surface area contributed by atoms with Crippen molar-refractivity contribution < 1.29 is 14.6 Å². The maximum atomic E-state index is 12.0. The lowest BCUT2D eigenvalue weighted by Crippen LogP contribution is -2.38. The van der Waals surface area contributed by atoms with Crippen molar-refractivity contribution >= 4 is 28.8 Å². The van der Waals surface area contributed by atoms with Crippen molar-refractivity contribution in [3.8, 4) is 0 Å². The molecule has 4 heterocycles. The largest absolute Gasteiger partial charge is 0.480 e. The highest BCUT2D eigenvalue weighted by molar-refractivity contribution is 5.85. The van der Waals surface area contributed by atoms with E-state index in [0.717, 1.165) is 63.3 Å². The number of nitrogens with zero attached hydrogens (tertiary/aromatic N) is 5. The van der Waals surface area contributed by atoms with Gasteiger partial charge >= 0.3 is 5.97 Å². The van der Waals surface area contributed by atoms with Crippen LogP contribution in [0.4, 0.5) is 11.6 Å². The number of carbonyl (C=O) groups is 1. The highest BCUT2D eigenvalue weighted by Crippen LogP contribution is 2.20. The van der Waals surface area contributed by atoms with Gasteiger partial charge in [-0.2, -0.15) is 0 Å². The van der Waals surface area contributed by atoms with Crippen LogP contribution in [-0.2, 0) is 22.4 Å². The number of rotatable bonds is 14. The number of imidazole rings is 1. The predicted molar refractivity (Wildman–Crippen MR) is 138 cm³/mol. The van der Waals surface area contributed by atoms with Crippen molar-refractivity contribution in [3.63, 3.8) is 0 Å². The summed E-state index contributed by atoms with van der Waals surface area (Å²) in [5.41, 5.74) is 3.52. The molecule has 0 saturated carbocycles. The van der Waals surface area contributed by atoms with E-state index in [4.69, 9.17) is 9.72 Å². The molecule has 3 aromatic rings. The van der Waals surface area contributed by atoms with Crippen LogP contribution in [0.3, 0.4) is 0 Å². The summed E-state index contributed by atoms with van der Waals surface area (Å²) in [4.78, 5) is 34.5. The number of aliphatic carboxylic acids is 1. The van der Waals surface area contributed by atoms with Gasteiger partial charge in [-0.25, -0.2) is 24.7 Å². The molecule has 36 heavy (non-hydrogen) atoms. The Morgan fingerprint density at radius 2 is 2.14 bits per heavy atom. The van der Waals surface area contributed by atoms with Crippen LogP contribution in [0.1, 0.15) is 43.9 Å². The second kappa shape index (κ2) is 12.6. The number of carboxylic acids is 1. The molecule has 0 saturated heterocycles. The van der Waals surface area contributed by atoms with E-state index in [0.29, 0.717) is 29.9 Å². The molecule has 2 atom stereocenters. The summed E-state index contributed by atoms with van der Waals surface area (Å²) in [5.74, 6) is 0.527. The van der Waals surface area contributed by atoms with Crippen LogP contribution < -0.4 is 10.6 Å². The zero-order valence-corrected chi connectivity index (χ0v) is 21.0. The average molecular weight is 497 g/mol. The van der Waals surface area contributed by atoms with Crippen LogP contribution in [-0.4, -0.2) is 86.3 Å². The summed E-state index contributed by atoms with van der Waals surface area (Å²) in [6, 6.07) is 3.54. The standard InChI is InChI=1S/C25H36N8O3/c1-17(36-2)14-33(12-4-3-7-19-9-8-18-6-5-11-26-22(18)31-19)13-10-20(25(34)35)32-24-21-23(28-15-27-21)29-16-30-24/h8-9,15-17,20H,3-7,10-14H2,1-2H3,(H,26,31)(H,34,35)(H2,27,28,29,30,32)/t17-,20?/m1/s1. The van der Waals surface area contributed by atoms with Crippen LogP contribution in [0.15, 0.2) is 24.8 Å². The molecule has 11 nitrogen and oxygen atoms in total. The van der Waals surface area contributed by atoms with E-state index in [1.54, 1.807) is 7.11 Å². The quantitative estimate of drug-likeness (QED) is 0.246. The van der Waals surface area contributed by atoms with E-state index < -0.39 is 12.0 Å². The Balaban J connectivity index is 1.30. The molecule has 4 rings (SSSR count). The number of pyridine rings is 1. The van der Waals surface area contributed by atoms with Gasteiger partial charge in [-0.15, -0.1) is 0 Å². The van der Waals surface area contributed by atoms with Crippen LogP contribution in [0, 0.1) is 0 Å². The molecule has 0 spiro atoms. The molecule has 194 valence electrons. The molecule has 0 radical (unpaired) electrons. The molecule has 1 aliphatic rings. The van der Waals surface area contributed by atoms with E-state index in [1.807, 2.05) is 6.92 Å². The Hall–Kier alpha value is -3.31. The number of fused-ring (bicyclic) bond motifs is 2. The first-order valence-electron chi connectivity index (χ1n) is 12.6. The molecule has 11 heteroatoms. The molecule has 1 unspecified atom stereocenters. The van der Waals surface area contributed by atoms with Gasteiger partial charge in [0.25, 0.3) is 0 Å². The van der Waals surface area contributed by atoms with Gasteiger partial charge in [0.1, 0.15) is 23.7 Å². The number of aromatic nitrogens is 5. The topological polar surface area (TPSA) is 141 Å². The number of H-pyrrole nitrogens is 1. The number of anilines is 2. The average Bonchev–Trinajstić information content (AvgIpc) is 3.38.